The van der Waals surface area contributed by atoms with Crippen LogP contribution in [0.5, 0.6) is 0 Å². The lowest BCUT2D eigenvalue weighted by atomic mass is 10.2. The van der Waals surface area contributed by atoms with Crippen molar-refractivity contribution < 1.29 is 9.00 Å². The highest BCUT2D eigenvalue weighted by atomic mass is 32.2. The van der Waals surface area contributed by atoms with E-state index in [0.29, 0.717) is 25.2 Å². The number of terminal acetylenes is 1. The number of piperazine rings is 1. The number of hydrogen-bond acceptors (Lipinski definition) is 3. The summed E-state index contributed by atoms with van der Waals surface area (Å²) in [4.78, 5) is 17.1. The number of rotatable bonds is 3. The van der Waals surface area contributed by atoms with E-state index in [1.165, 1.54) is 0 Å². The zero-order valence-corrected chi connectivity index (χ0v) is 12.4. The highest BCUT2D eigenvalue weighted by Crippen LogP contribution is 2.12. The van der Waals surface area contributed by atoms with E-state index in [1.807, 2.05) is 4.90 Å². The summed E-state index contributed by atoms with van der Waals surface area (Å²) < 4.78 is 11.3. The minimum absolute atomic E-state index is 0.0267. The normalized spacial score (nSPS) is 17.5. The van der Waals surface area contributed by atoms with Crippen molar-refractivity contribution >= 4 is 16.7 Å². The first-order valence-corrected chi connectivity index (χ1v) is 8.06. The molecule has 106 valence electrons. The summed E-state index contributed by atoms with van der Waals surface area (Å²) in [5, 5.41) is 0. The maximum absolute atomic E-state index is 12.3. The Morgan fingerprint density at radius 3 is 2.35 bits per heavy atom. The van der Waals surface area contributed by atoms with Gasteiger partial charge >= 0.3 is 0 Å². The van der Waals surface area contributed by atoms with Gasteiger partial charge in [-0.3, -0.25) is 13.9 Å². The van der Waals surface area contributed by atoms with Crippen LogP contribution in [-0.2, 0) is 10.8 Å². The van der Waals surface area contributed by atoms with Crippen LogP contribution in [0.25, 0.3) is 0 Å². The second kappa shape index (κ2) is 6.69. The van der Waals surface area contributed by atoms with Crippen LogP contribution in [0.1, 0.15) is 10.4 Å². The Morgan fingerprint density at radius 1 is 1.25 bits per heavy atom. The third kappa shape index (κ3) is 3.47. The molecule has 2 rings (SSSR count). The van der Waals surface area contributed by atoms with Gasteiger partial charge < -0.3 is 4.90 Å². The molecule has 20 heavy (non-hydrogen) atoms. The van der Waals surface area contributed by atoms with Crippen LogP contribution in [0.2, 0.25) is 0 Å². The topological polar surface area (TPSA) is 40.6 Å². The van der Waals surface area contributed by atoms with Crippen LogP contribution < -0.4 is 0 Å². The van der Waals surface area contributed by atoms with Crippen molar-refractivity contribution in [2.45, 2.75) is 4.90 Å². The second-order valence-corrected chi connectivity index (χ2v) is 6.13. The molecule has 1 aromatic carbocycles. The third-order valence-corrected chi connectivity index (χ3v) is 4.34. The summed E-state index contributed by atoms with van der Waals surface area (Å²) in [6.07, 6.45) is 6.91. The van der Waals surface area contributed by atoms with Crippen LogP contribution in [0.15, 0.2) is 29.2 Å². The Bertz CT molecular complexity index is 540. The fraction of sp³-hybridized carbons (Fsp3) is 0.400. The number of benzene rings is 1. The van der Waals surface area contributed by atoms with E-state index in [-0.39, 0.29) is 5.91 Å². The molecular weight excluding hydrogens is 272 g/mol. The zero-order valence-electron chi connectivity index (χ0n) is 11.5. The van der Waals surface area contributed by atoms with Gasteiger partial charge in [-0.1, -0.05) is 5.92 Å². The molecule has 0 saturated carbocycles. The molecule has 1 unspecified atom stereocenters. The molecule has 4 nitrogen and oxygen atoms in total. The molecule has 1 aromatic rings. The zero-order chi connectivity index (χ0) is 14.5. The SMILES string of the molecule is C#CCN1CCN(C(=O)c2ccc(S(C)=O)cc2)CC1. The molecule has 0 N–H and O–H groups in total. The molecule has 1 saturated heterocycles. The molecule has 0 aliphatic carbocycles. The van der Waals surface area contributed by atoms with Gasteiger partial charge in [0.1, 0.15) is 0 Å². The first-order valence-electron chi connectivity index (χ1n) is 6.50. The number of amides is 1. The Balaban J connectivity index is 1.98. The second-order valence-electron chi connectivity index (χ2n) is 4.75. The summed E-state index contributed by atoms with van der Waals surface area (Å²) in [5.41, 5.74) is 0.643. The number of carbonyl (C=O) groups excluding carboxylic acids is 1. The molecule has 0 radical (unpaired) electrons. The quantitative estimate of drug-likeness (QED) is 0.774. The standard InChI is InChI=1S/C15H18N2O2S/c1-3-8-16-9-11-17(12-10-16)15(18)13-4-6-14(7-5-13)20(2)19/h1,4-7H,8-12H2,2H3. The van der Waals surface area contributed by atoms with E-state index in [2.05, 4.69) is 10.8 Å². The summed E-state index contributed by atoms with van der Waals surface area (Å²) >= 11 is 0. The minimum atomic E-state index is -1.01. The van der Waals surface area contributed by atoms with E-state index in [1.54, 1.807) is 30.5 Å². The van der Waals surface area contributed by atoms with Crippen molar-refractivity contribution in [2.75, 3.05) is 39.0 Å². The fourth-order valence-corrected chi connectivity index (χ4v) is 2.73. The summed E-state index contributed by atoms with van der Waals surface area (Å²) in [5.74, 6) is 2.65. The lowest BCUT2D eigenvalue weighted by molar-refractivity contribution is 0.0652. The van der Waals surface area contributed by atoms with Gasteiger partial charge in [0.2, 0.25) is 0 Å². The Hall–Kier alpha value is -1.64. The monoisotopic (exact) mass is 290 g/mol. The minimum Gasteiger partial charge on any atom is -0.336 e. The van der Waals surface area contributed by atoms with Crippen molar-refractivity contribution in [1.29, 1.82) is 0 Å². The molecular formula is C15H18N2O2S. The predicted molar refractivity (Wildman–Crippen MR) is 80.0 cm³/mol. The summed E-state index contributed by atoms with van der Waals surface area (Å²) in [6.45, 7) is 3.66. The van der Waals surface area contributed by atoms with Crippen molar-refractivity contribution in [1.82, 2.24) is 9.80 Å². The van der Waals surface area contributed by atoms with Gasteiger partial charge in [0, 0.05) is 53.7 Å². The largest absolute Gasteiger partial charge is 0.336 e. The molecule has 1 fully saturated rings. The van der Waals surface area contributed by atoms with E-state index in [9.17, 15) is 9.00 Å². The van der Waals surface area contributed by atoms with Gasteiger partial charge in [-0.2, -0.15) is 0 Å². The van der Waals surface area contributed by atoms with Gasteiger partial charge in [0.15, 0.2) is 0 Å². The summed E-state index contributed by atoms with van der Waals surface area (Å²) in [6, 6.07) is 6.98. The van der Waals surface area contributed by atoms with Crippen LogP contribution in [0, 0.1) is 12.3 Å². The van der Waals surface area contributed by atoms with Crippen molar-refractivity contribution in [2.24, 2.45) is 0 Å². The molecule has 1 amide bonds. The third-order valence-electron chi connectivity index (χ3n) is 3.41. The fourth-order valence-electron chi connectivity index (χ4n) is 2.21. The molecule has 1 heterocycles. The Morgan fingerprint density at radius 2 is 1.85 bits per heavy atom. The molecule has 1 aliphatic heterocycles. The molecule has 0 spiro atoms. The van der Waals surface area contributed by atoms with Crippen LogP contribution in [-0.4, -0.2) is 58.9 Å². The van der Waals surface area contributed by atoms with Crippen LogP contribution >= 0.6 is 0 Å². The average Bonchev–Trinajstić information content (AvgIpc) is 2.48. The first-order chi connectivity index (χ1) is 9.61. The average molecular weight is 290 g/mol. The highest BCUT2D eigenvalue weighted by Gasteiger charge is 2.21. The van der Waals surface area contributed by atoms with Crippen molar-refractivity contribution in [3.63, 3.8) is 0 Å². The molecule has 0 aromatic heterocycles. The lowest BCUT2D eigenvalue weighted by Gasteiger charge is -2.33. The van der Waals surface area contributed by atoms with Crippen LogP contribution in [0.3, 0.4) is 0 Å². The van der Waals surface area contributed by atoms with Gasteiger partial charge in [0.05, 0.1) is 6.54 Å². The van der Waals surface area contributed by atoms with E-state index < -0.39 is 10.8 Å². The lowest BCUT2D eigenvalue weighted by Crippen LogP contribution is -2.48. The number of hydrogen-bond donors (Lipinski definition) is 0. The molecule has 1 aliphatic rings. The van der Waals surface area contributed by atoms with Gasteiger partial charge in [-0.15, -0.1) is 6.42 Å². The maximum Gasteiger partial charge on any atom is 0.253 e. The predicted octanol–water partition coefficient (Wildman–Crippen LogP) is 0.815. The van der Waals surface area contributed by atoms with Gasteiger partial charge in [-0.25, -0.2) is 0 Å². The maximum atomic E-state index is 12.3. The van der Waals surface area contributed by atoms with Crippen LogP contribution in [0.4, 0.5) is 0 Å². The highest BCUT2D eigenvalue weighted by molar-refractivity contribution is 7.84. The van der Waals surface area contributed by atoms with E-state index in [0.717, 1.165) is 18.0 Å². The van der Waals surface area contributed by atoms with Crippen molar-refractivity contribution in [3.05, 3.63) is 29.8 Å². The van der Waals surface area contributed by atoms with Gasteiger partial charge in [-0.05, 0) is 24.3 Å². The van der Waals surface area contributed by atoms with Gasteiger partial charge in [0.25, 0.3) is 5.91 Å². The molecule has 0 bridgehead atoms. The number of nitrogens with zero attached hydrogens (tertiary/aromatic N) is 2. The Kier molecular flexibility index (Phi) is 4.94. The van der Waals surface area contributed by atoms with E-state index >= 15 is 0 Å². The Labute approximate surface area is 122 Å². The smallest absolute Gasteiger partial charge is 0.253 e. The molecule has 1 atom stereocenters. The number of carbonyl (C=O) groups is 1. The van der Waals surface area contributed by atoms with E-state index in [4.69, 9.17) is 6.42 Å². The van der Waals surface area contributed by atoms with Crippen molar-refractivity contribution in [3.8, 4) is 12.3 Å². The first kappa shape index (κ1) is 14.8. The molecule has 5 heteroatoms. The summed E-state index contributed by atoms with van der Waals surface area (Å²) in [7, 11) is -1.01.